The molecule has 0 saturated heterocycles. The van der Waals surface area contributed by atoms with Crippen molar-refractivity contribution >= 4 is 11.6 Å². The molecule has 1 aromatic heterocycles. The van der Waals surface area contributed by atoms with E-state index in [2.05, 4.69) is 24.3 Å². The van der Waals surface area contributed by atoms with Gasteiger partial charge in [0.05, 0.1) is 11.8 Å². The summed E-state index contributed by atoms with van der Waals surface area (Å²) in [7, 11) is 1.93. The van der Waals surface area contributed by atoms with Crippen LogP contribution in [0.4, 0.5) is 0 Å². The molecule has 0 bridgehead atoms. The molecule has 0 radical (unpaired) electrons. The van der Waals surface area contributed by atoms with Crippen LogP contribution in [0.25, 0.3) is 0 Å². The molecule has 1 atom stereocenters. The summed E-state index contributed by atoms with van der Waals surface area (Å²) in [6.45, 7) is 5.44. The van der Waals surface area contributed by atoms with E-state index >= 15 is 0 Å². The molecular weight excluding hydrogens is 286 g/mol. The van der Waals surface area contributed by atoms with E-state index in [-0.39, 0.29) is 0 Å². The number of hydrogen-bond acceptors (Lipinski definition) is 3. The molecule has 0 saturated carbocycles. The van der Waals surface area contributed by atoms with Crippen molar-refractivity contribution in [2.75, 3.05) is 6.54 Å². The van der Waals surface area contributed by atoms with Crippen LogP contribution >= 0.6 is 11.6 Å². The Labute approximate surface area is 130 Å². The Kier molecular flexibility index (Phi) is 5.39. The predicted molar refractivity (Wildman–Crippen MR) is 85.4 cm³/mol. The van der Waals surface area contributed by atoms with Gasteiger partial charge in [-0.1, -0.05) is 37.6 Å². The molecule has 2 rings (SSSR count). The predicted octanol–water partition coefficient (Wildman–Crippen LogP) is 3.02. The van der Waals surface area contributed by atoms with E-state index in [0.717, 1.165) is 11.3 Å². The highest BCUT2D eigenvalue weighted by Gasteiger charge is 2.12. The first kappa shape index (κ1) is 16.0. The number of halogens is 1. The third kappa shape index (κ3) is 4.30. The minimum atomic E-state index is -0.567. The molecule has 4 nitrogen and oxygen atoms in total. The maximum absolute atomic E-state index is 10.2. The monoisotopic (exact) mass is 307 g/mol. The number of aliphatic hydroxyl groups is 1. The first-order valence-electron chi connectivity index (χ1n) is 7.14. The van der Waals surface area contributed by atoms with Crippen molar-refractivity contribution in [3.8, 4) is 0 Å². The molecule has 0 aliphatic heterocycles. The number of aryl methyl sites for hydroxylation is 1. The highest BCUT2D eigenvalue weighted by Crippen LogP contribution is 2.19. The maximum Gasteiger partial charge on any atom is 0.0915 e. The van der Waals surface area contributed by atoms with Crippen LogP contribution in [0.5, 0.6) is 0 Å². The highest BCUT2D eigenvalue weighted by atomic mass is 35.5. The molecule has 1 aromatic carbocycles. The lowest BCUT2D eigenvalue weighted by Gasteiger charge is -2.13. The molecule has 0 aliphatic rings. The summed E-state index contributed by atoms with van der Waals surface area (Å²) in [5.41, 5.74) is 3.10. The van der Waals surface area contributed by atoms with Crippen molar-refractivity contribution in [2.45, 2.75) is 32.4 Å². The Balaban J connectivity index is 1.92. The SMILES string of the molecule is CC(C)c1nn(C)cc1CNCC(O)c1cccc(Cl)c1. The summed E-state index contributed by atoms with van der Waals surface area (Å²) in [5, 5.41) is 18.6. The third-order valence-electron chi connectivity index (χ3n) is 3.37. The molecule has 5 heteroatoms. The van der Waals surface area contributed by atoms with Crippen molar-refractivity contribution < 1.29 is 5.11 Å². The second kappa shape index (κ2) is 7.07. The van der Waals surface area contributed by atoms with Crippen molar-refractivity contribution in [3.63, 3.8) is 0 Å². The van der Waals surface area contributed by atoms with E-state index in [1.165, 1.54) is 5.56 Å². The van der Waals surface area contributed by atoms with Crippen molar-refractivity contribution in [2.24, 2.45) is 7.05 Å². The molecule has 2 aromatic rings. The summed E-state index contributed by atoms with van der Waals surface area (Å²) in [4.78, 5) is 0. The lowest BCUT2D eigenvalue weighted by atomic mass is 10.1. The Bertz CT molecular complexity index is 595. The van der Waals surface area contributed by atoms with E-state index in [9.17, 15) is 5.11 Å². The lowest BCUT2D eigenvalue weighted by molar-refractivity contribution is 0.174. The number of nitrogens with one attached hydrogen (secondary N) is 1. The molecule has 0 fully saturated rings. The highest BCUT2D eigenvalue weighted by molar-refractivity contribution is 6.30. The Morgan fingerprint density at radius 2 is 2.14 bits per heavy atom. The molecule has 1 heterocycles. The number of hydrogen-bond donors (Lipinski definition) is 2. The fourth-order valence-electron chi connectivity index (χ4n) is 2.35. The Hall–Kier alpha value is -1.36. The van der Waals surface area contributed by atoms with Gasteiger partial charge >= 0.3 is 0 Å². The van der Waals surface area contributed by atoms with Crippen molar-refractivity contribution in [1.29, 1.82) is 0 Å². The summed E-state index contributed by atoms with van der Waals surface area (Å²) in [6.07, 6.45) is 1.46. The smallest absolute Gasteiger partial charge is 0.0915 e. The summed E-state index contributed by atoms with van der Waals surface area (Å²) in [6, 6.07) is 7.31. The van der Waals surface area contributed by atoms with Crippen molar-refractivity contribution in [3.05, 3.63) is 52.3 Å². The molecule has 21 heavy (non-hydrogen) atoms. The van der Waals surface area contributed by atoms with E-state index in [1.807, 2.05) is 30.1 Å². The quantitative estimate of drug-likeness (QED) is 0.862. The number of nitrogens with zero attached hydrogens (tertiary/aromatic N) is 2. The van der Waals surface area contributed by atoms with Crippen LogP contribution in [0, 0.1) is 0 Å². The van der Waals surface area contributed by atoms with E-state index in [0.29, 0.717) is 24.0 Å². The lowest BCUT2D eigenvalue weighted by Crippen LogP contribution is -2.21. The van der Waals surface area contributed by atoms with Crippen LogP contribution in [-0.4, -0.2) is 21.4 Å². The van der Waals surface area contributed by atoms with Crippen LogP contribution in [-0.2, 0) is 13.6 Å². The van der Waals surface area contributed by atoms with Crippen molar-refractivity contribution in [1.82, 2.24) is 15.1 Å². The zero-order chi connectivity index (χ0) is 15.4. The second-order valence-corrected chi connectivity index (χ2v) is 6.01. The Morgan fingerprint density at radius 3 is 2.81 bits per heavy atom. The number of aromatic nitrogens is 2. The molecule has 0 aliphatic carbocycles. The zero-order valence-corrected chi connectivity index (χ0v) is 13.4. The second-order valence-electron chi connectivity index (χ2n) is 5.57. The summed E-state index contributed by atoms with van der Waals surface area (Å²) in [5.74, 6) is 0.390. The fraction of sp³-hybridized carbons (Fsp3) is 0.438. The average molecular weight is 308 g/mol. The van der Waals surface area contributed by atoms with Crippen LogP contribution < -0.4 is 5.32 Å². The molecule has 114 valence electrons. The minimum Gasteiger partial charge on any atom is -0.387 e. The van der Waals surface area contributed by atoms with Crippen LogP contribution in [0.3, 0.4) is 0 Å². The number of aliphatic hydroxyl groups excluding tert-OH is 1. The van der Waals surface area contributed by atoms with Crippen LogP contribution in [0.2, 0.25) is 5.02 Å². The van der Waals surface area contributed by atoms with E-state index in [4.69, 9.17) is 11.6 Å². The number of benzene rings is 1. The molecule has 1 unspecified atom stereocenters. The van der Waals surface area contributed by atoms with Gasteiger partial charge in [-0.15, -0.1) is 0 Å². The van der Waals surface area contributed by atoms with Gasteiger partial charge in [-0.25, -0.2) is 0 Å². The molecular formula is C16H22ClN3O. The molecule has 2 N–H and O–H groups in total. The Morgan fingerprint density at radius 1 is 1.38 bits per heavy atom. The summed E-state index contributed by atoms with van der Waals surface area (Å²) >= 11 is 5.93. The normalized spacial score (nSPS) is 12.9. The van der Waals surface area contributed by atoms with Gasteiger partial charge in [0.1, 0.15) is 0 Å². The van der Waals surface area contributed by atoms with Gasteiger partial charge in [0.25, 0.3) is 0 Å². The maximum atomic E-state index is 10.2. The van der Waals surface area contributed by atoms with Gasteiger partial charge in [0.15, 0.2) is 0 Å². The van der Waals surface area contributed by atoms with E-state index < -0.39 is 6.10 Å². The van der Waals surface area contributed by atoms with Gasteiger partial charge in [-0.2, -0.15) is 5.10 Å². The minimum absolute atomic E-state index is 0.390. The molecule has 0 amide bonds. The van der Waals surface area contributed by atoms with Gasteiger partial charge in [0, 0.05) is 36.9 Å². The van der Waals surface area contributed by atoms with Crippen LogP contribution in [0.1, 0.15) is 42.7 Å². The zero-order valence-electron chi connectivity index (χ0n) is 12.7. The summed E-state index contributed by atoms with van der Waals surface area (Å²) < 4.78 is 1.83. The standard InChI is InChI=1S/C16H22ClN3O/c1-11(2)16-13(10-20(3)19-16)8-18-9-15(21)12-5-4-6-14(17)7-12/h4-7,10-11,15,18,21H,8-9H2,1-3H3. The number of rotatable bonds is 6. The largest absolute Gasteiger partial charge is 0.387 e. The van der Waals surface area contributed by atoms with Gasteiger partial charge in [-0.3, -0.25) is 4.68 Å². The van der Waals surface area contributed by atoms with Gasteiger partial charge < -0.3 is 10.4 Å². The third-order valence-corrected chi connectivity index (χ3v) is 3.61. The van der Waals surface area contributed by atoms with Crippen LogP contribution in [0.15, 0.2) is 30.5 Å². The van der Waals surface area contributed by atoms with E-state index in [1.54, 1.807) is 12.1 Å². The van der Waals surface area contributed by atoms with Gasteiger partial charge in [-0.05, 0) is 23.6 Å². The topological polar surface area (TPSA) is 50.1 Å². The van der Waals surface area contributed by atoms with Gasteiger partial charge in [0.2, 0.25) is 0 Å². The molecule has 0 spiro atoms. The average Bonchev–Trinajstić information content (AvgIpc) is 2.80. The fourth-order valence-corrected chi connectivity index (χ4v) is 2.55. The first-order valence-corrected chi connectivity index (χ1v) is 7.52. The first-order chi connectivity index (χ1) is 9.97.